The monoisotopic (exact) mass is 431 g/mol. The zero-order valence-corrected chi connectivity index (χ0v) is 19.6. The second-order valence-corrected chi connectivity index (χ2v) is 11.6. The number of aliphatic hydroxyl groups excluding tert-OH is 2. The SMILES string of the molecule is CN1C2CCCCC2C2CC(C=NN(C3CCC(O)CC3)C3CCC(O)CC3)CCC21. The van der Waals surface area contributed by atoms with E-state index >= 15 is 0 Å². The summed E-state index contributed by atoms with van der Waals surface area (Å²) in [6.45, 7) is 0. The topological polar surface area (TPSA) is 59.3 Å². The number of rotatable bonds is 4. The Bertz CT molecular complexity index is 590. The molecule has 31 heavy (non-hydrogen) atoms. The average Bonchev–Trinajstić information content (AvgIpc) is 3.08. The van der Waals surface area contributed by atoms with Gasteiger partial charge in [0.25, 0.3) is 0 Å². The van der Waals surface area contributed by atoms with Gasteiger partial charge in [0.15, 0.2) is 0 Å². The van der Waals surface area contributed by atoms with Crippen LogP contribution in [0.3, 0.4) is 0 Å². The molecule has 5 heteroatoms. The van der Waals surface area contributed by atoms with Crippen LogP contribution in [-0.4, -0.2) is 69.8 Å². The summed E-state index contributed by atoms with van der Waals surface area (Å²) < 4.78 is 0. The van der Waals surface area contributed by atoms with E-state index in [1.165, 1.54) is 44.9 Å². The van der Waals surface area contributed by atoms with Gasteiger partial charge in [-0.3, -0.25) is 9.91 Å². The third-order valence-corrected chi connectivity index (χ3v) is 9.77. The quantitative estimate of drug-likeness (QED) is 0.518. The maximum absolute atomic E-state index is 10.00. The van der Waals surface area contributed by atoms with Crippen LogP contribution in [0.15, 0.2) is 5.10 Å². The van der Waals surface area contributed by atoms with E-state index in [-0.39, 0.29) is 12.2 Å². The molecule has 5 rings (SSSR count). The summed E-state index contributed by atoms with van der Waals surface area (Å²) in [5.41, 5.74) is 0. The largest absolute Gasteiger partial charge is 0.393 e. The minimum atomic E-state index is -0.117. The lowest BCUT2D eigenvalue weighted by Crippen LogP contribution is -2.44. The Morgan fingerprint density at radius 1 is 0.710 bits per heavy atom. The standard InChI is InChI=1S/C26H45N3O2/c1-28-25-5-3-2-4-23(25)24-16-18(6-15-26(24)28)17-27-29(19-7-11-21(30)12-8-19)20-9-13-22(31)14-10-20/h17-26,30-31H,2-16H2,1H3. The van der Waals surface area contributed by atoms with Crippen LogP contribution in [0.2, 0.25) is 0 Å². The summed E-state index contributed by atoms with van der Waals surface area (Å²) in [7, 11) is 2.40. The fourth-order valence-electron chi connectivity index (χ4n) is 8.02. The summed E-state index contributed by atoms with van der Waals surface area (Å²) in [6.07, 6.45) is 19.7. The first-order chi connectivity index (χ1) is 15.1. The van der Waals surface area contributed by atoms with Crippen LogP contribution in [-0.2, 0) is 0 Å². The molecule has 5 unspecified atom stereocenters. The van der Waals surface area contributed by atoms with Gasteiger partial charge in [-0.25, -0.2) is 0 Å². The number of fused-ring (bicyclic) bond motifs is 3. The number of nitrogens with zero attached hydrogens (tertiary/aromatic N) is 3. The molecule has 176 valence electrons. The normalized spacial score (nSPS) is 46.6. The smallest absolute Gasteiger partial charge is 0.0541 e. The molecule has 1 heterocycles. The second kappa shape index (κ2) is 9.69. The van der Waals surface area contributed by atoms with E-state index in [2.05, 4.69) is 23.2 Å². The molecule has 2 N–H and O–H groups in total. The molecule has 0 radical (unpaired) electrons. The second-order valence-electron chi connectivity index (χ2n) is 11.6. The first-order valence-electron chi connectivity index (χ1n) is 13.5. The number of hydrazone groups is 1. The van der Waals surface area contributed by atoms with Gasteiger partial charge < -0.3 is 10.2 Å². The molecule has 5 nitrogen and oxygen atoms in total. The fourth-order valence-corrected chi connectivity index (χ4v) is 8.02. The van der Waals surface area contributed by atoms with Crippen molar-refractivity contribution in [2.75, 3.05) is 7.05 Å². The number of likely N-dealkylation sites (tertiary alicyclic amines) is 1. The van der Waals surface area contributed by atoms with Gasteiger partial charge in [-0.1, -0.05) is 12.8 Å². The summed E-state index contributed by atoms with van der Waals surface area (Å²) in [6, 6.07) is 2.60. The molecule has 1 aliphatic heterocycles. The minimum Gasteiger partial charge on any atom is -0.393 e. The Hall–Kier alpha value is -0.650. The predicted molar refractivity (Wildman–Crippen MR) is 125 cm³/mol. The van der Waals surface area contributed by atoms with Gasteiger partial charge in [-0.05, 0) is 108 Å². The molecule has 0 amide bonds. The van der Waals surface area contributed by atoms with Crippen LogP contribution in [0.1, 0.15) is 96.3 Å². The van der Waals surface area contributed by atoms with E-state index in [9.17, 15) is 10.2 Å². The van der Waals surface area contributed by atoms with Crippen molar-refractivity contribution in [3.63, 3.8) is 0 Å². The first-order valence-corrected chi connectivity index (χ1v) is 13.5. The third kappa shape index (κ3) is 4.70. The van der Waals surface area contributed by atoms with Crippen LogP contribution < -0.4 is 0 Å². The molecule has 0 spiro atoms. The van der Waals surface area contributed by atoms with Gasteiger partial charge in [0.05, 0.1) is 12.2 Å². The van der Waals surface area contributed by atoms with Crippen molar-refractivity contribution in [1.82, 2.24) is 9.91 Å². The number of hydrogen-bond donors (Lipinski definition) is 2. The number of aliphatic hydroxyl groups is 2. The van der Waals surface area contributed by atoms with Crippen molar-refractivity contribution in [2.24, 2.45) is 22.9 Å². The highest BCUT2D eigenvalue weighted by Crippen LogP contribution is 2.49. The third-order valence-electron chi connectivity index (χ3n) is 9.77. The van der Waals surface area contributed by atoms with E-state index in [1.54, 1.807) is 0 Å². The summed E-state index contributed by atoms with van der Waals surface area (Å²) in [5, 5.41) is 27.6. The molecule has 0 bridgehead atoms. The van der Waals surface area contributed by atoms with E-state index in [4.69, 9.17) is 5.10 Å². The molecule has 4 aliphatic carbocycles. The Kier molecular flexibility index (Phi) is 6.92. The molecule has 0 aromatic heterocycles. The van der Waals surface area contributed by atoms with Gasteiger partial charge in [0, 0.05) is 30.4 Å². The van der Waals surface area contributed by atoms with Crippen molar-refractivity contribution < 1.29 is 10.2 Å². The van der Waals surface area contributed by atoms with E-state index < -0.39 is 0 Å². The zero-order chi connectivity index (χ0) is 21.4. The Balaban J connectivity index is 1.26. The minimum absolute atomic E-state index is 0.117. The maximum atomic E-state index is 10.00. The van der Waals surface area contributed by atoms with Crippen molar-refractivity contribution in [2.45, 2.75) is 133 Å². The van der Waals surface area contributed by atoms with Gasteiger partial charge >= 0.3 is 0 Å². The molecule has 0 aromatic carbocycles. The highest BCUT2D eigenvalue weighted by Gasteiger charge is 2.49. The van der Waals surface area contributed by atoms with Crippen molar-refractivity contribution >= 4 is 6.21 Å². The highest BCUT2D eigenvalue weighted by molar-refractivity contribution is 5.60. The van der Waals surface area contributed by atoms with Crippen LogP contribution in [0, 0.1) is 17.8 Å². The maximum Gasteiger partial charge on any atom is 0.0541 e. The predicted octanol–water partition coefficient (Wildman–Crippen LogP) is 4.17. The zero-order valence-electron chi connectivity index (χ0n) is 19.6. The Morgan fingerprint density at radius 3 is 1.94 bits per heavy atom. The van der Waals surface area contributed by atoms with E-state index in [1.807, 2.05) is 0 Å². The molecule has 1 saturated heterocycles. The molecule has 5 atom stereocenters. The molecular weight excluding hydrogens is 386 g/mol. The van der Waals surface area contributed by atoms with Crippen LogP contribution >= 0.6 is 0 Å². The van der Waals surface area contributed by atoms with Crippen molar-refractivity contribution in [1.29, 1.82) is 0 Å². The van der Waals surface area contributed by atoms with E-state index in [0.29, 0.717) is 18.0 Å². The van der Waals surface area contributed by atoms with Crippen molar-refractivity contribution in [3.8, 4) is 0 Å². The first kappa shape index (κ1) is 22.2. The van der Waals surface area contributed by atoms with Gasteiger partial charge in [-0.2, -0.15) is 5.10 Å². The lowest BCUT2D eigenvalue weighted by atomic mass is 9.70. The highest BCUT2D eigenvalue weighted by atomic mass is 16.3. The Morgan fingerprint density at radius 2 is 1.29 bits per heavy atom. The summed E-state index contributed by atoms with van der Waals surface area (Å²) in [4.78, 5) is 2.76. The molecular formula is C26H45N3O2. The molecule has 0 aromatic rings. The lowest BCUT2D eigenvalue weighted by Gasteiger charge is -2.41. The average molecular weight is 432 g/mol. The summed E-state index contributed by atoms with van der Waals surface area (Å²) >= 11 is 0. The van der Waals surface area contributed by atoms with Crippen LogP contribution in [0.4, 0.5) is 0 Å². The Labute approximate surface area is 189 Å². The lowest BCUT2D eigenvalue weighted by molar-refractivity contribution is 0.0223. The number of hydrogen-bond acceptors (Lipinski definition) is 5. The molecule has 4 saturated carbocycles. The van der Waals surface area contributed by atoms with Gasteiger partial charge in [-0.15, -0.1) is 0 Å². The molecule has 5 aliphatic rings. The van der Waals surface area contributed by atoms with Gasteiger partial charge in [0.1, 0.15) is 0 Å². The van der Waals surface area contributed by atoms with E-state index in [0.717, 1.165) is 75.3 Å². The van der Waals surface area contributed by atoms with Crippen LogP contribution in [0.25, 0.3) is 0 Å². The van der Waals surface area contributed by atoms with Gasteiger partial charge in [0.2, 0.25) is 0 Å². The van der Waals surface area contributed by atoms with Crippen LogP contribution in [0.5, 0.6) is 0 Å². The summed E-state index contributed by atoms with van der Waals surface area (Å²) in [5.74, 6) is 2.43. The molecule has 5 fully saturated rings. The fraction of sp³-hybridized carbons (Fsp3) is 0.962. The van der Waals surface area contributed by atoms with Crippen molar-refractivity contribution in [3.05, 3.63) is 0 Å².